The topological polar surface area (TPSA) is 0 Å². The van der Waals surface area contributed by atoms with E-state index in [-0.39, 0.29) is 112 Å². The summed E-state index contributed by atoms with van der Waals surface area (Å²) in [6.07, 6.45) is 0. The first kappa shape index (κ1) is 25.2. The largest absolute Gasteiger partial charge is 0 e. The van der Waals surface area contributed by atoms with Gasteiger partial charge in [-0.2, -0.15) is 0 Å². The molecule has 4 heteroatoms. The van der Waals surface area contributed by atoms with Crippen LogP contribution in [0.15, 0.2) is 0 Å². The van der Waals surface area contributed by atoms with E-state index in [0.29, 0.717) is 0 Å². The van der Waals surface area contributed by atoms with Crippen molar-refractivity contribution in [3.63, 3.8) is 0 Å². The molecule has 0 N–H and O–H groups in total. The van der Waals surface area contributed by atoms with E-state index in [4.69, 9.17) is 0 Å². The smallest absolute Gasteiger partial charge is 0 e. The predicted molar refractivity (Wildman–Crippen MR) is 11.5 cm³/mol. The van der Waals surface area contributed by atoms with Crippen molar-refractivity contribution in [2.75, 3.05) is 0 Å². The molecule has 0 heterocycles. The van der Waals surface area contributed by atoms with Gasteiger partial charge in [-0.05, 0) is 0 Å². The molecule has 0 unspecified atom stereocenters. The van der Waals surface area contributed by atoms with Gasteiger partial charge in [0, 0.05) is 112 Å². The Labute approximate surface area is 109 Å². The Hall–Kier alpha value is 3.70. The Morgan fingerprint density at radius 2 is 1.00 bits per heavy atom. The maximum absolute atomic E-state index is 0. The van der Waals surface area contributed by atoms with Crippen LogP contribution in [-0.2, 0) is 44.4 Å². The molecule has 0 fully saturated rings. The second-order valence-corrected chi connectivity index (χ2v) is 0. The minimum absolute atomic E-state index is 0. The molecule has 0 spiro atoms. The SMILES string of the molecule is [Ca].[Cd].[Cu].[Na]. The van der Waals surface area contributed by atoms with E-state index >= 15 is 0 Å². The quantitative estimate of drug-likeness (QED) is 0.487. The normalized spacial score (nSPS) is 0. The number of rotatable bonds is 0. The molecule has 0 saturated heterocycles. The first-order valence-corrected chi connectivity index (χ1v) is 0. The Kier molecular flexibility index (Phi) is 100. The van der Waals surface area contributed by atoms with Gasteiger partial charge in [-0.25, -0.2) is 0 Å². The predicted octanol–water partition coefficient (Wildman–Crippen LogP) is -0.767. The summed E-state index contributed by atoms with van der Waals surface area (Å²) in [6, 6.07) is 0. The van der Waals surface area contributed by atoms with Gasteiger partial charge in [0.25, 0.3) is 0 Å². The Balaban J connectivity index is 0. The molecule has 0 rings (SSSR count). The maximum Gasteiger partial charge on any atom is 0 e. The molecule has 4 heavy (non-hydrogen) atoms. The molecule has 0 aliphatic rings. The van der Waals surface area contributed by atoms with Crippen molar-refractivity contribution in [2.45, 2.75) is 0 Å². The van der Waals surface area contributed by atoms with Crippen molar-refractivity contribution in [3.8, 4) is 0 Å². The summed E-state index contributed by atoms with van der Waals surface area (Å²) >= 11 is 0. The van der Waals surface area contributed by atoms with Gasteiger partial charge < -0.3 is 0 Å². The van der Waals surface area contributed by atoms with Crippen molar-refractivity contribution in [2.24, 2.45) is 0 Å². The second kappa shape index (κ2) is 15.9. The van der Waals surface area contributed by atoms with Crippen LogP contribution >= 0.6 is 0 Å². The molecule has 16 valence electrons. The molecule has 0 aromatic heterocycles. The minimum atomic E-state index is 0. The molecule has 0 aliphatic heterocycles. The molecule has 0 aliphatic carbocycles. The van der Waals surface area contributed by atoms with Gasteiger partial charge in [-0.3, -0.25) is 0 Å². The van der Waals surface area contributed by atoms with E-state index in [1.807, 2.05) is 0 Å². The molecule has 4 radical (unpaired) electrons. The van der Waals surface area contributed by atoms with Gasteiger partial charge in [0.05, 0.1) is 0 Å². The minimum Gasteiger partial charge on any atom is 0 e. The fourth-order valence-electron chi connectivity index (χ4n) is 0. The van der Waals surface area contributed by atoms with Crippen LogP contribution in [0, 0.1) is 0 Å². The monoisotopic (exact) mass is 240 g/mol. The number of hydrogen-bond donors (Lipinski definition) is 0. The average molecular weight is 239 g/mol. The molecule has 0 aromatic carbocycles. The zero-order valence-electron chi connectivity index (χ0n) is 2.72. The van der Waals surface area contributed by atoms with Crippen molar-refractivity contribution >= 4 is 67.3 Å². The van der Waals surface area contributed by atoms with Crippen molar-refractivity contribution < 1.29 is 44.4 Å². The van der Waals surface area contributed by atoms with Crippen LogP contribution in [0.4, 0.5) is 0 Å². The van der Waals surface area contributed by atoms with Crippen molar-refractivity contribution in [1.29, 1.82) is 0 Å². The van der Waals surface area contributed by atoms with Gasteiger partial charge in [0.1, 0.15) is 0 Å². The van der Waals surface area contributed by atoms with E-state index < -0.39 is 0 Å². The molecule has 0 amide bonds. The van der Waals surface area contributed by atoms with Crippen LogP contribution in [0.25, 0.3) is 0 Å². The maximum atomic E-state index is 0. The third-order valence-corrected chi connectivity index (χ3v) is 0. The van der Waals surface area contributed by atoms with Gasteiger partial charge in [-0.1, -0.05) is 0 Å². The van der Waals surface area contributed by atoms with Crippen LogP contribution in [0.5, 0.6) is 0 Å². The standard InChI is InChI=1S/Ca.Cd.Cu.Na. The van der Waals surface area contributed by atoms with Crippen molar-refractivity contribution in [3.05, 3.63) is 0 Å². The Morgan fingerprint density at radius 3 is 1.00 bits per heavy atom. The van der Waals surface area contributed by atoms with Crippen LogP contribution < -0.4 is 0 Å². The molecule has 0 atom stereocenters. The molecule has 0 aromatic rings. The van der Waals surface area contributed by atoms with E-state index in [1.165, 1.54) is 0 Å². The van der Waals surface area contributed by atoms with E-state index in [0.717, 1.165) is 0 Å². The van der Waals surface area contributed by atoms with Gasteiger partial charge >= 0.3 is 0 Å². The Bertz CT molecular complexity index is 8.00. The molecular formula is CaCdCuNa. The third-order valence-electron chi connectivity index (χ3n) is 0. The van der Waals surface area contributed by atoms with Crippen LogP contribution in [0.1, 0.15) is 0 Å². The first-order chi connectivity index (χ1) is 0. The summed E-state index contributed by atoms with van der Waals surface area (Å²) in [5.74, 6) is 0. The Morgan fingerprint density at radius 1 is 1.00 bits per heavy atom. The first-order valence-electron chi connectivity index (χ1n) is 0. The summed E-state index contributed by atoms with van der Waals surface area (Å²) < 4.78 is 0. The van der Waals surface area contributed by atoms with E-state index in [1.54, 1.807) is 0 Å². The number of hydrogen-bond acceptors (Lipinski definition) is 0. The zero-order valence-corrected chi connectivity index (χ0v) is 11.9. The summed E-state index contributed by atoms with van der Waals surface area (Å²) in [7, 11) is 0. The molecular weight excluding hydrogens is 239 g/mol. The van der Waals surface area contributed by atoms with Crippen molar-refractivity contribution in [1.82, 2.24) is 0 Å². The third kappa shape index (κ3) is 9.20. The summed E-state index contributed by atoms with van der Waals surface area (Å²) in [5.41, 5.74) is 0. The fourth-order valence-corrected chi connectivity index (χ4v) is 0. The molecule has 0 bridgehead atoms. The van der Waals surface area contributed by atoms with Crippen LogP contribution in [-0.4, -0.2) is 67.3 Å². The fraction of sp³-hybridized carbons (Fsp3) is 0. The van der Waals surface area contributed by atoms with E-state index in [2.05, 4.69) is 0 Å². The second-order valence-electron chi connectivity index (χ2n) is 0. The summed E-state index contributed by atoms with van der Waals surface area (Å²) in [5, 5.41) is 0. The zero-order chi connectivity index (χ0) is 0. The molecule has 0 saturated carbocycles. The van der Waals surface area contributed by atoms with Gasteiger partial charge in [0.2, 0.25) is 0 Å². The molecule has 0 nitrogen and oxygen atoms in total. The summed E-state index contributed by atoms with van der Waals surface area (Å²) in [6.45, 7) is 0. The van der Waals surface area contributed by atoms with Gasteiger partial charge in [0.15, 0.2) is 0 Å². The van der Waals surface area contributed by atoms with E-state index in [9.17, 15) is 0 Å². The van der Waals surface area contributed by atoms with Crippen LogP contribution in [0.3, 0.4) is 0 Å². The summed E-state index contributed by atoms with van der Waals surface area (Å²) in [4.78, 5) is 0. The van der Waals surface area contributed by atoms with Crippen LogP contribution in [0.2, 0.25) is 0 Å². The van der Waals surface area contributed by atoms with Gasteiger partial charge in [-0.15, -0.1) is 0 Å². The average Bonchev–Trinajstić information content (AvgIpc) is 0.